The lowest BCUT2D eigenvalue weighted by molar-refractivity contribution is -0.143. The van der Waals surface area contributed by atoms with E-state index in [9.17, 15) is 26.3 Å². The van der Waals surface area contributed by atoms with Crippen molar-refractivity contribution in [1.29, 1.82) is 0 Å². The lowest BCUT2D eigenvalue weighted by Crippen LogP contribution is -2.34. The molecule has 3 aromatic carbocycles. The van der Waals surface area contributed by atoms with Crippen LogP contribution < -0.4 is 4.90 Å². The molecule has 0 saturated carbocycles. The summed E-state index contributed by atoms with van der Waals surface area (Å²) in [6.07, 6.45) is -1.94. The van der Waals surface area contributed by atoms with E-state index in [2.05, 4.69) is 22.0 Å². The Kier molecular flexibility index (Phi) is 6.16. The quantitative estimate of drug-likeness (QED) is 0.242. The fourth-order valence-corrected chi connectivity index (χ4v) is 5.74. The maximum Gasteiger partial charge on any atom is 0.416 e. The maximum absolute atomic E-state index is 13.6. The molecule has 1 aromatic heterocycles. The predicted octanol–water partition coefficient (Wildman–Crippen LogP) is 8.81. The van der Waals surface area contributed by atoms with E-state index in [-0.39, 0.29) is 17.2 Å². The van der Waals surface area contributed by atoms with Gasteiger partial charge in [0.1, 0.15) is 0 Å². The molecule has 0 amide bonds. The monoisotopic (exact) mass is 538 g/mol. The van der Waals surface area contributed by atoms with Gasteiger partial charge in [0.25, 0.3) is 0 Å². The number of fused-ring (bicyclic) bond motifs is 1. The molecular weight excluding hydrogens is 514 g/mol. The lowest BCUT2D eigenvalue weighted by Gasteiger charge is -2.37. The molecule has 200 valence electrons. The molecule has 0 bridgehead atoms. The van der Waals surface area contributed by atoms with Crippen molar-refractivity contribution in [3.8, 4) is 11.1 Å². The first-order valence-electron chi connectivity index (χ1n) is 12.8. The molecule has 0 N–H and O–H groups in total. The van der Waals surface area contributed by atoms with E-state index >= 15 is 0 Å². The Hall–Kier alpha value is -3.81. The summed E-state index contributed by atoms with van der Waals surface area (Å²) in [5.41, 5.74) is 3.31. The SMILES string of the molecule is FC(F)(F)c1cc(-c2cc(/C=C/c3cc4c5c(c3)CCCN5CCC4)nc3ccccc23)cc(C(F)(F)F)c1. The largest absolute Gasteiger partial charge is 0.416 e. The van der Waals surface area contributed by atoms with Crippen molar-refractivity contribution in [2.75, 3.05) is 18.0 Å². The number of pyridine rings is 1. The van der Waals surface area contributed by atoms with E-state index in [1.54, 1.807) is 36.4 Å². The van der Waals surface area contributed by atoms with Crippen LogP contribution in [0, 0.1) is 0 Å². The number of alkyl halides is 6. The van der Waals surface area contributed by atoms with Gasteiger partial charge in [0.05, 0.1) is 22.3 Å². The van der Waals surface area contributed by atoms with Crippen molar-refractivity contribution < 1.29 is 26.3 Å². The Morgan fingerprint density at radius 2 is 1.33 bits per heavy atom. The Morgan fingerprint density at radius 1 is 0.718 bits per heavy atom. The number of benzene rings is 3. The standard InChI is InChI=1S/C31H24F6N2/c32-30(33,34)23-15-22(16-24(17-23)31(35,36)37)27-18-25(38-28-8-2-1-7-26(27)28)10-9-19-13-20-5-3-11-39-12-4-6-21(14-19)29(20)39/h1-2,7-10,13-18H,3-6,11-12H2/b10-9+. The van der Waals surface area contributed by atoms with Crippen LogP contribution in [-0.4, -0.2) is 18.1 Å². The lowest BCUT2D eigenvalue weighted by atomic mass is 9.90. The first-order valence-corrected chi connectivity index (χ1v) is 12.8. The first-order chi connectivity index (χ1) is 18.6. The zero-order valence-electron chi connectivity index (χ0n) is 20.8. The van der Waals surface area contributed by atoms with E-state index in [1.807, 2.05) is 6.08 Å². The Bertz CT molecular complexity index is 1540. The van der Waals surface area contributed by atoms with Gasteiger partial charge in [0.2, 0.25) is 0 Å². The molecule has 0 aliphatic carbocycles. The summed E-state index contributed by atoms with van der Waals surface area (Å²) >= 11 is 0. The minimum absolute atomic E-state index is 0.150. The summed E-state index contributed by atoms with van der Waals surface area (Å²) < 4.78 is 81.4. The highest BCUT2D eigenvalue weighted by Crippen LogP contribution is 2.41. The molecule has 2 nitrogen and oxygen atoms in total. The Morgan fingerprint density at radius 3 is 1.95 bits per heavy atom. The van der Waals surface area contributed by atoms with Crippen LogP contribution in [0.25, 0.3) is 34.2 Å². The van der Waals surface area contributed by atoms with Gasteiger partial charge >= 0.3 is 12.4 Å². The van der Waals surface area contributed by atoms with Crippen molar-refractivity contribution in [3.05, 3.63) is 94.2 Å². The van der Waals surface area contributed by atoms with E-state index < -0.39 is 23.5 Å². The van der Waals surface area contributed by atoms with Crippen LogP contribution in [-0.2, 0) is 25.2 Å². The summed E-state index contributed by atoms with van der Waals surface area (Å²) in [4.78, 5) is 7.08. The van der Waals surface area contributed by atoms with Crippen molar-refractivity contribution >= 4 is 28.7 Å². The first kappa shape index (κ1) is 25.5. The molecule has 0 radical (unpaired) electrons. The smallest absolute Gasteiger partial charge is 0.371 e. The van der Waals surface area contributed by atoms with E-state index in [1.165, 1.54) is 16.8 Å². The van der Waals surface area contributed by atoms with E-state index in [4.69, 9.17) is 0 Å². The molecule has 39 heavy (non-hydrogen) atoms. The molecule has 8 heteroatoms. The third kappa shape index (κ3) is 5.00. The predicted molar refractivity (Wildman–Crippen MR) is 141 cm³/mol. The van der Waals surface area contributed by atoms with Crippen LogP contribution in [0.15, 0.2) is 60.7 Å². The van der Waals surface area contributed by atoms with Gasteiger partial charge in [-0.05, 0) is 102 Å². The Balaban J connectivity index is 1.46. The van der Waals surface area contributed by atoms with Crippen molar-refractivity contribution in [1.82, 2.24) is 4.98 Å². The van der Waals surface area contributed by atoms with Crippen molar-refractivity contribution in [2.24, 2.45) is 0 Å². The zero-order chi connectivity index (χ0) is 27.4. The molecule has 3 heterocycles. The normalized spacial score (nSPS) is 15.7. The van der Waals surface area contributed by atoms with Gasteiger partial charge in [-0.1, -0.05) is 24.3 Å². The molecule has 0 fully saturated rings. The second kappa shape index (κ2) is 9.43. The number of para-hydroxylation sites is 1. The van der Waals surface area contributed by atoms with E-state index in [0.29, 0.717) is 16.6 Å². The molecule has 6 rings (SSSR count). The second-order valence-electron chi connectivity index (χ2n) is 10.1. The third-order valence-corrected chi connectivity index (χ3v) is 7.44. The molecule has 2 aliphatic rings. The van der Waals surface area contributed by atoms with Gasteiger partial charge in [0.15, 0.2) is 0 Å². The fraction of sp³-hybridized carbons (Fsp3) is 0.258. The van der Waals surface area contributed by atoms with Crippen LogP contribution >= 0.6 is 0 Å². The minimum atomic E-state index is -4.93. The minimum Gasteiger partial charge on any atom is -0.371 e. The fourth-order valence-electron chi connectivity index (χ4n) is 5.74. The molecule has 0 atom stereocenters. The molecule has 0 unspecified atom stereocenters. The number of aryl methyl sites for hydroxylation is 2. The molecule has 0 spiro atoms. The summed E-state index contributed by atoms with van der Waals surface area (Å²) in [5.74, 6) is 0. The highest BCUT2D eigenvalue weighted by molar-refractivity contribution is 5.96. The van der Waals surface area contributed by atoms with Gasteiger partial charge in [0, 0.05) is 24.2 Å². The van der Waals surface area contributed by atoms with Gasteiger partial charge in [-0.2, -0.15) is 26.3 Å². The van der Waals surface area contributed by atoms with Gasteiger partial charge in [-0.3, -0.25) is 0 Å². The zero-order valence-corrected chi connectivity index (χ0v) is 20.8. The molecule has 4 aromatic rings. The van der Waals surface area contributed by atoms with Gasteiger partial charge < -0.3 is 4.90 Å². The van der Waals surface area contributed by atoms with Crippen LogP contribution in [0.4, 0.5) is 32.0 Å². The summed E-state index contributed by atoms with van der Waals surface area (Å²) in [7, 11) is 0. The highest BCUT2D eigenvalue weighted by Gasteiger charge is 2.37. The van der Waals surface area contributed by atoms with Gasteiger partial charge in [-0.15, -0.1) is 0 Å². The van der Waals surface area contributed by atoms with Gasteiger partial charge in [-0.25, -0.2) is 4.98 Å². The highest BCUT2D eigenvalue weighted by atomic mass is 19.4. The number of anilines is 1. The van der Waals surface area contributed by atoms with Crippen LogP contribution in [0.3, 0.4) is 0 Å². The number of rotatable bonds is 3. The Labute approximate surface area is 221 Å². The van der Waals surface area contributed by atoms with Crippen LogP contribution in [0.1, 0.15) is 46.4 Å². The average Bonchev–Trinajstić information content (AvgIpc) is 2.90. The molecular formula is C31H24F6N2. The van der Waals surface area contributed by atoms with E-state index in [0.717, 1.165) is 56.5 Å². The molecule has 2 aliphatic heterocycles. The van der Waals surface area contributed by atoms with Crippen LogP contribution in [0.2, 0.25) is 0 Å². The summed E-state index contributed by atoms with van der Waals surface area (Å²) in [5, 5.41) is 0.473. The summed E-state index contributed by atoms with van der Waals surface area (Å²) in [6.45, 7) is 2.15. The second-order valence-corrected chi connectivity index (χ2v) is 10.1. The van der Waals surface area contributed by atoms with Crippen molar-refractivity contribution in [2.45, 2.75) is 38.0 Å². The number of nitrogens with zero attached hydrogens (tertiary/aromatic N) is 2. The number of aromatic nitrogens is 1. The van der Waals surface area contributed by atoms with Crippen molar-refractivity contribution in [3.63, 3.8) is 0 Å². The molecule has 0 saturated heterocycles. The maximum atomic E-state index is 13.6. The summed E-state index contributed by atoms with van der Waals surface area (Å²) in [6, 6.07) is 14.3. The third-order valence-electron chi connectivity index (χ3n) is 7.44. The average molecular weight is 539 g/mol. The number of hydrogen-bond donors (Lipinski definition) is 0. The number of halogens is 6. The van der Waals surface area contributed by atoms with Crippen LogP contribution in [0.5, 0.6) is 0 Å². The topological polar surface area (TPSA) is 16.1 Å². The number of hydrogen-bond acceptors (Lipinski definition) is 2.